The molecule has 0 saturated carbocycles. The van der Waals surface area contributed by atoms with Crippen LogP contribution in [0.25, 0.3) is 0 Å². The van der Waals surface area contributed by atoms with E-state index < -0.39 is 6.10 Å². The van der Waals surface area contributed by atoms with Gasteiger partial charge in [0.05, 0.1) is 111 Å². The van der Waals surface area contributed by atoms with E-state index in [1.807, 2.05) is 160 Å². The number of hydrogen-bond donors (Lipinski definition) is 12. The summed E-state index contributed by atoms with van der Waals surface area (Å²) in [4.78, 5) is 74.1. The molecule has 12 N–H and O–H groups in total. The van der Waals surface area contributed by atoms with Crippen LogP contribution in [0.4, 0.5) is 0 Å². The van der Waals surface area contributed by atoms with E-state index in [1.54, 1.807) is 57.7 Å². The molecule has 110 heavy (non-hydrogen) atoms. The van der Waals surface area contributed by atoms with E-state index in [1.165, 1.54) is 47.9 Å². The molecule has 5 aromatic carbocycles. The molecule has 0 fully saturated rings. The lowest BCUT2D eigenvalue weighted by Crippen LogP contribution is -2.27. The van der Waals surface area contributed by atoms with Gasteiger partial charge in [0.1, 0.15) is 37.3 Å². The van der Waals surface area contributed by atoms with Gasteiger partial charge in [-0.15, -0.1) is 0 Å². The maximum atomic E-state index is 11.1. The summed E-state index contributed by atoms with van der Waals surface area (Å²) in [6.45, 7) is 22.8. The first-order valence-corrected chi connectivity index (χ1v) is 34.9. The van der Waals surface area contributed by atoms with Crippen LogP contribution in [0.1, 0.15) is 142 Å². The Hall–Kier alpha value is -7.93. The number of aliphatic hydroxyl groups excluding tert-OH is 11. The average Bonchev–Trinajstić information content (AvgIpc) is 0.928. The highest BCUT2D eigenvalue weighted by Crippen LogP contribution is 2.08. The Bertz CT molecular complexity index is 2520. The van der Waals surface area contributed by atoms with Gasteiger partial charge in [-0.05, 0) is 91.8 Å². The number of rotatable bonds is 29. The van der Waals surface area contributed by atoms with Crippen LogP contribution in [-0.4, -0.2) is 291 Å². The van der Waals surface area contributed by atoms with Gasteiger partial charge in [0.15, 0.2) is 11.6 Å². The minimum atomic E-state index is -0.621. The van der Waals surface area contributed by atoms with Crippen molar-refractivity contribution in [1.82, 2.24) is 5.32 Å². The van der Waals surface area contributed by atoms with E-state index in [0.29, 0.717) is 56.0 Å². The molecule has 0 saturated heterocycles. The molecular formula is C80H135NO29. The number of nitrogens with one attached hydrogen (secondary N) is 1. The average molecular weight is 1570 g/mol. The van der Waals surface area contributed by atoms with Gasteiger partial charge in [-0.1, -0.05) is 127 Å². The molecule has 0 radical (unpaired) electrons. The van der Waals surface area contributed by atoms with Crippen LogP contribution in [0.3, 0.4) is 0 Å². The number of esters is 4. The third kappa shape index (κ3) is 79.6. The lowest BCUT2D eigenvalue weighted by atomic mass is 10.1. The number of hydrogen-bond acceptors (Lipinski definition) is 29. The second kappa shape index (κ2) is 91.7. The summed E-state index contributed by atoms with van der Waals surface area (Å²) in [5, 5.41) is 92.8. The monoisotopic (exact) mass is 1570 g/mol. The zero-order chi connectivity index (χ0) is 86.5. The fourth-order valence-electron chi connectivity index (χ4n) is 6.27. The molecule has 0 aromatic heterocycles. The zero-order valence-electron chi connectivity index (χ0n) is 68.8. The minimum Gasteiger partial charge on any atom is -0.469 e. The molecule has 5 rings (SSSR count). The van der Waals surface area contributed by atoms with E-state index in [4.69, 9.17) is 84.6 Å². The molecule has 30 nitrogen and oxygen atoms in total. The van der Waals surface area contributed by atoms with Crippen molar-refractivity contribution in [2.45, 2.75) is 126 Å². The van der Waals surface area contributed by atoms with Crippen molar-refractivity contribution in [1.29, 1.82) is 0 Å². The molecule has 0 spiro atoms. The second-order valence-electron chi connectivity index (χ2n) is 21.0. The summed E-state index contributed by atoms with van der Waals surface area (Å²) < 4.78 is 51.6. The Labute approximate surface area is 653 Å². The molecule has 0 heterocycles. The number of ether oxygens (including phenoxy) is 11. The topological polar surface area (TPSA) is 456 Å². The first-order valence-electron chi connectivity index (χ1n) is 34.9. The molecule has 0 aliphatic heterocycles. The van der Waals surface area contributed by atoms with Crippen LogP contribution in [0.2, 0.25) is 0 Å². The Balaban J connectivity index is -0.000000146. The summed E-state index contributed by atoms with van der Waals surface area (Å²) in [7, 11) is 12.3. The van der Waals surface area contributed by atoms with Gasteiger partial charge >= 0.3 is 23.9 Å². The highest BCUT2D eigenvalue weighted by molar-refractivity contribution is 5.96. The fourth-order valence-corrected chi connectivity index (χ4v) is 6.27. The molecule has 30 heteroatoms. The number of methoxy groups -OCH3 is 5. The first-order chi connectivity index (χ1) is 52.6. The number of benzene rings is 5. The maximum absolute atomic E-state index is 11.1. The third-order valence-corrected chi connectivity index (χ3v) is 12.3. The quantitative estimate of drug-likeness (QED) is 0.00801. The highest BCUT2D eigenvalue weighted by atomic mass is 16.7. The lowest BCUT2D eigenvalue weighted by molar-refractivity contribution is -0.138. The van der Waals surface area contributed by atoms with Crippen LogP contribution in [0.15, 0.2) is 127 Å². The van der Waals surface area contributed by atoms with E-state index in [2.05, 4.69) is 29.0 Å². The summed E-state index contributed by atoms with van der Waals surface area (Å²) >= 11 is 0. The normalized spacial score (nSPS) is 9.60. The maximum Gasteiger partial charge on any atom is 0.337 e. The van der Waals surface area contributed by atoms with Gasteiger partial charge in [-0.25, -0.2) is 14.4 Å². The minimum absolute atomic E-state index is 0.00463. The Morgan fingerprint density at radius 1 is 0.336 bits per heavy atom. The van der Waals surface area contributed by atoms with Crippen molar-refractivity contribution >= 4 is 41.4 Å². The van der Waals surface area contributed by atoms with E-state index in [0.717, 1.165) is 42.0 Å². The largest absolute Gasteiger partial charge is 0.469 e. The van der Waals surface area contributed by atoms with Gasteiger partial charge in [0.2, 0.25) is 5.91 Å². The van der Waals surface area contributed by atoms with Crippen LogP contribution in [0, 0.1) is 27.7 Å². The molecule has 1 unspecified atom stereocenters. The number of aliphatic hydroxyl groups is 11. The molecule has 0 bridgehead atoms. The van der Waals surface area contributed by atoms with Crippen molar-refractivity contribution in [3.05, 3.63) is 177 Å². The number of carbonyl (C=O) groups excluding carboxylic acids is 7. The molecule has 0 aliphatic carbocycles. The second-order valence-corrected chi connectivity index (χ2v) is 21.0. The molecule has 1 amide bonds. The van der Waals surface area contributed by atoms with Crippen LogP contribution < -0.4 is 5.32 Å². The van der Waals surface area contributed by atoms with Gasteiger partial charge < -0.3 is 114 Å². The summed E-state index contributed by atoms with van der Waals surface area (Å²) in [5.74, 6) is -0.680. The van der Waals surface area contributed by atoms with Crippen LogP contribution >= 0.6 is 0 Å². The molecular weight excluding hydrogens is 1440 g/mol. The number of aryl methyl sites for hydroxylation is 4. The van der Waals surface area contributed by atoms with Crippen molar-refractivity contribution in [2.75, 3.05) is 163 Å². The lowest BCUT2D eigenvalue weighted by Gasteiger charge is -2.16. The third-order valence-electron chi connectivity index (χ3n) is 12.3. The number of amides is 1. The van der Waals surface area contributed by atoms with Crippen molar-refractivity contribution < 1.29 is 142 Å². The summed E-state index contributed by atoms with van der Waals surface area (Å²) in [5.41, 5.74) is 8.02. The van der Waals surface area contributed by atoms with Crippen LogP contribution in [0.5, 0.6) is 0 Å². The van der Waals surface area contributed by atoms with E-state index in [-0.39, 0.29) is 139 Å². The van der Waals surface area contributed by atoms with Gasteiger partial charge in [-0.3, -0.25) is 19.2 Å². The van der Waals surface area contributed by atoms with Crippen molar-refractivity contribution in [3.8, 4) is 0 Å². The predicted molar refractivity (Wildman–Crippen MR) is 422 cm³/mol. The van der Waals surface area contributed by atoms with Gasteiger partial charge in [0.25, 0.3) is 0 Å². The van der Waals surface area contributed by atoms with E-state index >= 15 is 0 Å². The zero-order valence-corrected chi connectivity index (χ0v) is 68.8. The van der Waals surface area contributed by atoms with Crippen molar-refractivity contribution in [2.24, 2.45) is 0 Å². The standard InChI is InChI=1S/C10H12O.C9H20O6.3C9H10O2.C9H10O.3C5H12O3.C3H7NO.C3H6O2.C2H6O.2CH4O/c1-3-10(11)9-6-4-8(2)5-7-9;1-2-14-9(5-12)6-13-7-15-8(3-10)4-11;3*1-7-3-5-8(6-4-7)9(10)11-2;1-2-9(10)8-6-4-3-5-7-8;3*1-2-8-5(3-6)4-7;1-3(5)4-2;1-3(4)5-2;1-3-2;2*1-2/h4-7H,3H2,1-2H3;8-12H,2-7H2,1H3;3*3-6H,1-2H3;3-7H,2H2,1H3;3*5-7H,2-4H2,1H3;1-2H3,(H,4,5);1-2H3;1-2H3;2*2H,1H3. The smallest absolute Gasteiger partial charge is 0.337 e. The first kappa shape index (κ1) is 120. The Morgan fingerprint density at radius 3 is 0.727 bits per heavy atom. The predicted octanol–water partition coefficient (Wildman–Crippen LogP) is 6.48. The highest BCUT2D eigenvalue weighted by Gasteiger charge is 2.10. The molecule has 5 aromatic rings. The fraction of sp³-hybridized carbons (Fsp3) is 0.537. The number of ketones is 2. The Morgan fingerprint density at radius 2 is 0.545 bits per heavy atom. The number of carbonyl (C=O) groups is 7. The number of Topliss-reactive ketones (excluding diaryl/α,β-unsaturated/α-hetero) is 2. The van der Waals surface area contributed by atoms with Crippen LogP contribution in [-0.2, 0) is 61.7 Å². The van der Waals surface area contributed by atoms with Crippen molar-refractivity contribution in [3.63, 3.8) is 0 Å². The van der Waals surface area contributed by atoms with Gasteiger partial charge in [0, 0.05) is 99.7 Å². The molecule has 0 aliphatic rings. The van der Waals surface area contributed by atoms with Gasteiger partial charge in [-0.2, -0.15) is 0 Å². The summed E-state index contributed by atoms with van der Waals surface area (Å²) in [6, 6.07) is 38.8. The van der Waals surface area contributed by atoms with E-state index in [9.17, 15) is 33.6 Å². The summed E-state index contributed by atoms with van der Waals surface area (Å²) in [6.07, 6.45) is -0.974. The SMILES string of the molecule is CCC(=O)c1ccc(C)cc1.CCC(=O)c1ccccc1.CCOC(CO)CO.CCOC(CO)CO.CCOC(CO)CO.CCOC(CO)COCOC(CO)CO.CNC(C)=O.CO.CO.COC.COC(=O)c1ccc(C)cc1.COC(=O)c1ccc(C)cc1.COC(=O)c1ccc(C)cc1.COC(C)=O. The molecule has 1 atom stereocenters. The molecule has 634 valence electrons. The Kier molecular flexibility index (Phi) is 100.